The van der Waals surface area contributed by atoms with Gasteiger partial charge in [0.2, 0.25) is 0 Å². The normalized spacial score (nSPS) is 20.1. The molecule has 8 heteroatoms. The lowest BCUT2D eigenvalue weighted by molar-refractivity contribution is -0.149. The minimum absolute atomic E-state index is 0.291. The number of benzene rings is 1. The van der Waals surface area contributed by atoms with E-state index in [9.17, 15) is 14.4 Å². The lowest BCUT2D eigenvalue weighted by Crippen LogP contribution is -2.43. The lowest BCUT2D eigenvalue weighted by Gasteiger charge is -2.32. The van der Waals surface area contributed by atoms with E-state index in [4.69, 9.17) is 14.2 Å². The molecule has 3 rings (SSSR count). The zero-order chi connectivity index (χ0) is 24.3. The molecular weight excluding hydrogens is 424 g/mol. The highest BCUT2D eigenvalue weighted by atomic mass is 16.6. The lowest BCUT2D eigenvalue weighted by atomic mass is 9.87. The molecule has 1 unspecified atom stereocenters. The van der Waals surface area contributed by atoms with Crippen LogP contribution in [-0.4, -0.2) is 59.8 Å². The Morgan fingerprint density at radius 2 is 1.88 bits per heavy atom. The number of rotatable bonds is 3. The van der Waals surface area contributed by atoms with Gasteiger partial charge in [-0.2, -0.15) is 0 Å². The third-order valence-corrected chi connectivity index (χ3v) is 5.97. The fourth-order valence-electron chi connectivity index (χ4n) is 4.45. The molecule has 0 fully saturated rings. The molecule has 0 spiro atoms. The van der Waals surface area contributed by atoms with Crippen molar-refractivity contribution in [3.05, 3.63) is 35.5 Å². The van der Waals surface area contributed by atoms with E-state index < -0.39 is 29.7 Å². The highest BCUT2D eigenvalue weighted by molar-refractivity contribution is 5.88. The Morgan fingerprint density at radius 1 is 1.18 bits per heavy atom. The molecule has 8 nitrogen and oxygen atoms in total. The Labute approximate surface area is 194 Å². The molecule has 1 amide bonds. The summed E-state index contributed by atoms with van der Waals surface area (Å²) in [5, 5.41) is 1.01. The minimum Gasteiger partial charge on any atom is -0.469 e. The van der Waals surface area contributed by atoms with E-state index in [-0.39, 0.29) is 11.9 Å². The van der Waals surface area contributed by atoms with Crippen molar-refractivity contribution in [2.45, 2.75) is 65.1 Å². The number of nitrogens with one attached hydrogen (secondary N) is 1. The molecule has 0 saturated carbocycles. The zero-order valence-electron chi connectivity index (χ0n) is 20.3. The van der Waals surface area contributed by atoms with Crippen LogP contribution in [0.25, 0.3) is 10.9 Å². The van der Waals surface area contributed by atoms with Crippen molar-refractivity contribution >= 4 is 28.9 Å². The van der Waals surface area contributed by atoms with E-state index in [0.29, 0.717) is 25.9 Å². The standard InChI is InChI=1S/C25H34N2O6/c1-15(32-16(2)28)17-13-20(23(29)31-6)22-19(18-9-7-8-10-21(18)26-22)11-12-27(14-17)24(30)33-25(3,4)5/h7-10,15,17,20,26H,11-14H2,1-6H3/t15-,17-,20?/m1/s1. The van der Waals surface area contributed by atoms with Crippen LogP contribution in [0, 0.1) is 5.92 Å². The minimum atomic E-state index is -0.646. The van der Waals surface area contributed by atoms with Gasteiger partial charge in [-0.05, 0) is 52.2 Å². The van der Waals surface area contributed by atoms with E-state index in [1.165, 1.54) is 14.0 Å². The summed E-state index contributed by atoms with van der Waals surface area (Å²) in [4.78, 5) is 42.7. The van der Waals surface area contributed by atoms with Crippen LogP contribution in [0.4, 0.5) is 4.79 Å². The Hall–Kier alpha value is -3.03. The van der Waals surface area contributed by atoms with E-state index in [2.05, 4.69) is 4.98 Å². The topological polar surface area (TPSA) is 97.9 Å². The monoisotopic (exact) mass is 458 g/mol. The Bertz CT molecular complexity index is 1020. The summed E-state index contributed by atoms with van der Waals surface area (Å²) >= 11 is 0. The van der Waals surface area contributed by atoms with Crippen LogP contribution in [0.1, 0.15) is 58.2 Å². The molecule has 3 atom stereocenters. The third-order valence-electron chi connectivity index (χ3n) is 5.97. The number of ether oxygens (including phenoxy) is 3. The average molecular weight is 459 g/mol. The molecule has 2 heterocycles. The first kappa shape index (κ1) is 24.6. The van der Waals surface area contributed by atoms with Gasteiger partial charge in [-0.15, -0.1) is 0 Å². The number of nitrogens with zero attached hydrogens (tertiary/aromatic N) is 1. The van der Waals surface area contributed by atoms with Gasteiger partial charge in [0.05, 0.1) is 13.0 Å². The van der Waals surface area contributed by atoms with Gasteiger partial charge in [0.1, 0.15) is 11.7 Å². The van der Waals surface area contributed by atoms with Crippen LogP contribution in [0.5, 0.6) is 0 Å². The van der Waals surface area contributed by atoms with Gasteiger partial charge in [-0.1, -0.05) is 18.2 Å². The Balaban J connectivity index is 2.08. The fraction of sp³-hybridized carbons (Fsp3) is 0.560. The summed E-state index contributed by atoms with van der Waals surface area (Å²) in [7, 11) is 1.37. The van der Waals surface area contributed by atoms with Crippen LogP contribution >= 0.6 is 0 Å². The van der Waals surface area contributed by atoms with Crippen molar-refractivity contribution in [2.75, 3.05) is 20.2 Å². The van der Waals surface area contributed by atoms with Crippen LogP contribution < -0.4 is 0 Å². The van der Waals surface area contributed by atoms with Gasteiger partial charge >= 0.3 is 18.0 Å². The van der Waals surface area contributed by atoms with Crippen molar-refractivity contribution in [1.82, 2.24) is 9.88 Å². The number of methoxy groups -OCH3 is 1. The number of carbonyl (C=O) groups is 3. The summed E-state index contributed by atoms with van der Waals surface area (Å²) in [5.74, 6) is -1.66. The number of H-pyrrole nitrogens is 1. The van der Waals surface area contributed by atoms with Gasteiger partial charge in [0.25, 0.3) is 0 Å². The summed E-state index contributed by atoms with van der Waals surface area (Å²) in [6.45, 7) is 9.31. The number of fused-ring (bicyclic) bond motifs is 3. The predicted octanol–water partition coefficient (Wildman–Crippen LogP) is 4.18. The first-order valence-electron chi connectivity index (χ1n) is 11.3. The van der Waals surface area contributed by atoms with Crippen LogP contribution in [0.15, 0.2) is 24.3 Å². The van der Waals surface area contributed by atoms with Crippen molar-refractivity contribution in [2.24, 2.45) is 5.92 Å². The van der Waals surface area contributed by atoms with Gasteiger partial charge in [0, 0.05) is 42.5 Å². The molecule has 1 aromatic carbocycles. The zero-order valence-corrected chi connectivity index (χ0v) is 20.3. The van der Waals surface area contributed by atoms with Crippen LogP contribution in [0.2, 0.25) is 0 Å². The smallest absolute Gasteiger partial charge is 0.410 e. The fourth-order valence-corrected chi connectivity index (χ4v) is 4.45. The molecule has 0 saturated heterocycles. The summed E-state index contributed by atoms with van der Waals surface area (Å²) < 4.78 is 16.3. The quantitative estimate of drug-likeness (QED) is 0.547. The SMILES string of the molecule is COC(=O)C1C[C@@H]([C@@H](C)OC(C)=O)CN(C(=O)OC(C)(C)C)CCc2c1[nH]c1ccccc21. The molecular formula is C25H34N2O6. The molecule has 0 bridgehead atoms. The van der Waals surface area contributed by atoms with Crippen LogP contribution in [0.3, 0.4) is 0 Å². The van der Waals surface area contributed by atoms with E-state index in [0.717, 1.165) is 22.2 Å². The highest BCUT2D eigenvalue weighted by Gasteiger charge is 2.37. The summed E-state index contributed by atoms with van der Waals surface area (Å²) in [6, 6.07) is 7.86. The maximum Gasteiger partial charge on any atom is 0.410 e. The number of aromatic nitrogens is 1. The maximum absolute atomic E-state index is 13.1. The number of carbonyl (C=O) groups excluding carboxylic acids is 3. The van der Waals surface area contributed by atoms with Crippen LogP contribution in [-0.2, 0) is 30.2 Å². The molecule has 33 heavy (non-hydrogen) atoms. The third kappa shape index (κ3) is 5.86. The first-order valence-corrected chi connectivity index (χ1v) is 11.3. The summed E-state index contributed by atoms with van der Waals surface area (Å²) in [6.07, 6.45) is -0.0491. The van der Waals surface area contributed by atoms with Gasteiger partial charge in [-0.3, -0.25) is 9.59 Å². The highest BCUT2D eigenvalue weighted by Crippen LogP contribution is 2.36. The first-order chi connectivity index (χ1) is 15.5. The molecule has 1 aromatic heterocycles. The van der Waals surface area contributed by atoms with Gasteiger partial charge in [-0.25, -0.2) is 4.79 Å². The molecule has 180 valence electrons. The van der Waals surface area contributed by atoms with Crippen molar-refractivity contribution < 1.29 is 28.6 Å². The molecule has 0 aliphatic carbocycles. The largest absolute Gasteiger partial charge is 0.469 e. The molecule has 0 radical (unpaired) electrons. The summed E-state index contributed by atoms with van der Waals surface area (Å²) in [5.41, 5.74) is 2.04. The number of aromatic amines is 1. The molecule has 1 aliphatic rings. The Kier molecular flexibility index (Phi) is 7.34. The second-order valence-corrected chi connectivity index (χ2v) is 9.63. The van der Waals surface area contributed by atoms with Crippen molar-refractivity contribution in [3.8, 4) is 0 Å². The average Bonchev–Trinajstić information content (AvgIpc) is 3.11. The second kappa shape index (κ2) is 9.85. The maximum atomic E-state index is 13.1. The van der Waals surface area contributed by atoms with Gasteiger partial charge in [0.15, 0.2) is 0 Å². The second-order valence-electron chi connectivity index (χ2n) is 9.63. The van der Waals surface area contributed by atoms with E-state index >= 15 is 0 Å². The van der Waals surface area contributed by atoms with Gasteiger partial charge < -0.3 is 24.1 Å². The number of hydrogen-bond acceptors (Lipinski definition) is 6. The number of para-hydroxylation sites is 1. The Morgan fingerprint density at radius 3 is 2.52 bits per heavy atom. The number of amides is 1. The van der Waals surface area contributed by atoms with Crippen molar-refractivity contribution in [1.29, 1.82) is 0 Å². The predicted molar refractivity (Wildman–Crippen MR) is 124 cm³/mol. The molecule has 1 N–H and O–H groups in total. The molecule has 2 aromatic rings. The number of hydrogen-bond donors (Lipinski definition) is 1. The van der Waals surface area contributed by atoms with Crippen molar-refractivity contribution in [3.63, 3.8) is 0 Å². The molecule has 1 aliphatic heterocycles. The van der Waals surface area contributed by atoms with E-state index in [1.807, 2.05) is 45.0 Å². The number of esters is 2. The van der Waals surface area contributed by atoms with E-state index in [1.54, 1.807) is 11.8 Å².